The van der Waals surface area contributed by atoms with Crippen LogP contribution >= 0.6 is 11.6 Å². The van der Waals surface area contributed by atoms with Gasteiger partial charge < -0.3 is 10.2 Å². The summed E-state index contributed by atoms with van der Waals surface area (Å²) in [5.41, 5.74) is 2.38. The molecule has 0 saturated carbocycles. The van der Waals surface area contributed by atoms with Crippen molar-refractivity contribution in [1.29, 1.82) is 0 Å². The van der Waals surface area contributed by atoms with E-state index < -0.39 is 11.9 Å². The van der Waals surface area contributed by atoms with E-state index in [0.717, 1.165) is 6.42 Å². The summed E-state index contributed by atoms with van der Waals surface area (Å²) in [6, 6.07) is 12.0. The van der Waals surface area contributed by atoms with E-state index in [9.17, 15) is 9.18 Å². The molecular formula is C18H16ClFN2O2. The molecule has 1 unspecified atom stereocenters. The van der Waals surface area contributed by atoms with Gasteiger partial charge in [-0.2, -0.15) is 0 Å². The van der Waals surface area contributed by atoms with Crippen molar-refractivity contribution in [1.82, 2.24) is 0 Å². The molecule has 0 aliphatic carbocycles. The summed E-state index contributed by atoms with van der Waals surface area (Å²) in [7, 11) is 0. The van der Waals surface area contributed by atoms with E-state index in [1.807, 2.05) is 24.3 Å². The average molecular weight is 347 g/mol. The highest BCUT2D eigenvalue weighted by Crippen LogP contribution is 2.26. The number of oxime groups is 1. The Kier molecular flexibility index (Phi) is 4.81. The maximum absolute atomic E-state index is 13.9. The topological polar surface area (TPSA) is 50.7 Å². The second-order valence-corrected chi connectivity index (χ2v) is 5.88. The van der Waals surface area contributed by atoms with Crippen molar-refractivity contribution in [2.75, 3.05) is 5.32 Å². The molecule has 4 nitrogen and oxygen atoms in total. The molecule has 24 heavy (non-hydrogen) atoms. The third kappa shape index (κ3) is 3.41. The number of carbonyl (C=O) groups excluding carboxylic acids is 1. The second kappa shape index (κ2) is 7.01. The van der Waals surface area contributed by atoms with Gasteiger partial charge in [0.25, 0.3) is 5.91 Å². The smallest absolute Gasteiger partial charge is 0.268 e. The van der Waals surface area contributed by atoms with Crippen LogP contribution in [0.3, 0.4) is 0 Å². The normalized spacial score (nSPS) is 16.5. The van der Waals surface area contributed by atoms with Crippen LogP contribution in [0, 0.1) is 5.82 Å². The van der Waals surface area contributed by atoms with E-state index in [1.165, 1.54) is 17.7 Å². The summed E-state index contributed by atoms with van der Waals surface area (Å²) in [4.78, 5) is 17.4. The summed E-state index contributed by atoms with van der Waals surface area (Å²) in [6.45, 7) is 2.06. The minimum Gasteiger partial charge on any atom is -0.382 e. The van der Waals surface area contributed by atoms with Crippen molar-refractivity contribution in [2.45, 2.75) is 25.9 Å². The Labute approximate surface area is 144 Å². The number of anilines is 1. The zero-order valence-electron chi connectivity index (χ0n) is 13.1. The largest absolute Gasteiger partial charge is 0.382 e. The van der Waals surface area contributed by atoms with Gasteiger partial charge in [-0.05, 0) is 36.2 Å². The highest BCUT2D eigenvalue weighted by atomic mass is 35.5. The number of carbonyl (C=O) groups is 1. The van der Waals surface area contributed by atoms with E-state index in [-0.39, 0.29) is 22.9 Å². The fourth-order valence-corrected chi connectivity index (χ4v) is 2.76. The number of rotatable bonds is 4. The number of benzene rings is 2. The summed E-state index contributed by atoms with van der Waals surface area (Å²) in [5.74, 6) is -0.813. The van der Waals surface area contributed by atoms with Gasteiger partial charge in [0.1, 0.15) is 5.82 Å². The van der Waals surface area contributed by atoms with Gasteiger partial charge >= 0.3 is 0 Å². The van der Waals surface area contributed by atoms with E-state index in [1.54, 1.807) is 6.07 Å². The summed E-state index contributed by atoms with van der Waals surface area (Å²) >= 11 is 6.02. The number of halogens is 2. The highest BCUT2D eigenvalue weighted by molar-refractivity contribution is 6.34. The summed E-state index contributed by atoms with van der Waals surface area (Å²) < 4.78 is 13.9. The number of aryl methyl sites for hydroxylation is 1. The van der Waals surface area contributed by atoms with Crippen molar-refractivity contribution in [2.24, 2.45) is 5.16 Å². The molecule has 6 heteroatoms. The minimum atomic E-state index is -0.804. The molecule has 0 spiro atoms. The Hall–Kier alpha value is -2.40. The number of nitrogens with zero attached hydrogens (tertiary/aromatic N) is 1. The van der Waals surface area contributed by atoms with Gasteiger partial charge in [-0.15, -0.1) is 0 Å². The Morgan fingerprint density at radius 1 is 1.33 bits per heavy atom. The molecule has 1 heterocycles. The van der Waals surface area contributed by atoms with E-state index in [4.69, 9.17) is 16.4 Å². The average Bonchev–Trinajstić information content (AvgIpc) is 3.05. The molecule has 2 aromatic carbocycles. The molecular weight excluding hydrogens is 331 g/mol. The van der Waals surface area contributed by atoms with E-state index in [2.05, 4.69) is 17.4 Å². The zero-order chi connectivity index (χ0) is 17.1. The predicted molar refractivity (Wildman–Crippen MR) is 91.9 cm³/mol. The van der Waals surface area contributed by atoms with Crippen LogP contribution in [0.25, 0.3) is 0 Å². The molecule has 2 aromatic rings. The summed E-state index contributed by atoms with van der Waals surface area (Å²) in [6.07, 6.45) is 0.293. The second-order valence-electron chi connectivity index (χ2n) is 5.47. The van der Waals surface area contributed by atoms with Gasteiger partial charge in [0.05, 0.1) is 16.3 Å². The first-order valence-corrected chi connectivity index (χ1v) is 8.03. The van der Waals surface area contributed by atoms with Crippen LogP contribution in [-0.4, -0.2) is 17.7 Å². The fourth-order valence-electron chi connectivity index (χ4n) is 2.49. The maximum atomic E-state index is 13.9. The van der Waals surface area contributed by atoms with Crippen molar-refractivity contribution >= 4 is 28.9 Å². The molecule has 0 aromatic heterocycles. The van der Waals surface area contributed by atoms with Crippen LogP contribution in [-0.2, 0) is 16.1 Å². The lowest BCUT2D eigenvalue weighted by atomic mass is 10.0. The minimum absolute atomic E-state index is 0.166. The number of nitrogens with one attached hydrogen (secondary N) is 1. The molecule has 0 saturated heterocycles. The lowest BCUT2D eigenvalue weighted by Gasteiger charge is -2.10. The Bertz CT molecular complexity index is 770. The van der Waals surface area contributed by atoms with Crippen molar-refractivity contribution in [3.63, 3.8) is 0 Å². The number of hydrogen-bond acceptors (Lipinski definition) is 3. The fraction of sp³-hybridized carbons (Fsp3) is 0.222. The first-order valence-electron chi connectivity index (χ1n) is 7.65. The molecule has 1 aliphatic rings. The van der Waals surface area contributed by atoms with Crippen molar-refractivity contribution < 1.29 is 14.0 Å². The predicted octanol–water partition coefficient (Wildman–Crippen LogP) is 4.17. The molecule has 0 radical (unpaired) electrons. The van der Waals surface area contributed by atoms with Crippen LogP contribution in [0.2, 0.25) is 5.02 Å². The maximum Gasteiger partial charge on any atom is 0.268 e. The van der Waals surface area contributed by atoms with Gasteiger partial charge in [-0.3, -0.25) is 4.79 Å². The van der Waals surface area contributed by atoms with Crippen LogP contribution in [0.15, 0.2) is 47.6 Å². The van der Waals surface area contributed by atoms with Gasteiger partial charge in [-0.25, -0.2) is 4.39 Å². The Morgan fingerprint density at radius 2 is 2.08 bits per heavy atom. The molecule has 0 fully saturated rings. The van der Waals surface area contributed by atoms with Crippen molar-refractivity contribution in [3.8, 4) is 0 Å². The van der Waals surface area contributed by atoms with Crippen LogP contribution in [0.1, 0.15) is 24.5 Å². The monoisotopic (exact) mass is 346 g/mol. The lowest BCUT2D eigenvalue weighted by molar-refractivity contribution is -0.125. The molecule has 3 rings (SSSR count). The number of hydrogen-bond donors (Lipinski definition) is 1. The molecule has 1 N–H and O–H groups in total. The lowest BCUT2D eigenvalue weighted by Crippen LogP contribution is -2.28. The van der Waals surface area contributed by atoms with Gasteiger partial charge in [-0.1, -0.05) is 41.9 Å². The molecule has 1 atom stereocenters. The molecule has 124 valence electrons. The number of amides is 1. The van der Waals surface area contributed by atoms with Gasteiger partial charge in [0, 0.05) is 12.1 Å². The van der Waals surface area contributed by atoms with Gasteiger partial charge in [0.15, 0.2) is 0 Å². The van der Waals surface area contributed by atoms with E-state index in [0.29, 0.717) is 11.4 Å². The first kappa shape index (κ1) is 16.5. The van der Waals surface area contributed by atoms with Gasteiger partial charge in [0.2, 0.25) is 6.10 Å². The Morgan fingerprint density at radius 3 is 2.75 bits per heavy atom. The molecule has 1 amide bonds. The van der Waals surface area contributed by atoms with E-state index >= 15 is 0 Å². The molecule has 0 bridgehead atoms. The van der Waals surface area contributed by atoms with Crippen LogP contribution < -0.4 is 5.32 Å². The first-order chi connectivity index (χ1) is 11.6. The molecule has 1 aliphatic heterocycles. The Balaban J connectivity index is 1.67. The summed E-state index contributed by atoms with van der Waals surface area (Å²) in [5, 5.41) is 6.85. The third-order valence-electron chi connectivity index (χ3n) is 3.84. The SMILES string of the molecule is CCc1ccc(NC(=O)C2CC(c3c(F)cccc3Cl)=NO2)cc1. The van der Waals surface area contributed by atoms with Crippen LogP contribution in [0.5, 0.6) is 0 Å². The van der Waals surface area contributed by atoms with Crippen molar-refractivity contribution in [3.05, 3.63) is 64.4 Å². The highest BCUT2D eigenvalue weighted by Gasteiger charge is 2.31. The third-order valence-corrected chi connectivity index (χ3v) is 4.16. The quantitative estimate of drug-likeness (QED) is 0.903. The van der Waals surface area contributed by atoms with Crippen LogP contribution in [0.4, 0.5) is 10.1 Å². The standard InChI is InChI=1S/C18H16ClFN2O2/c1-2-11-6-8-12(9-7-11)21-18(23)16-10-15(22-24-16)17-13(19)4-3-5-14(17)20/h3-9,16H,2,10H2,1H3,(H,21,23). The zero-order valence-corrected chi connectivity index (χ0v) is 13.8.